The molecule has 0 radical (unpaired) electrons. The zero-order chi connectivity index (χ0) is 19.1. The van der Waals surface area contributed by atoms with Crippen molar-refractivity contribution in [2.24, 2.45) is 4.99 Å². The molecule has 0 atom stereocenters. The second-order valence-electron chi connectivity index (χ2n) is 6.15. The molecule has 6 heteroatoms. The van der Waals surface area contributed by atoms with Gasteiger partial charge in [-0.3, -0.25) is 4.99 Å². The number of methoxy groups -OCH3 is 1. The molecule has 0 bridgehead atoms. The zero-order valence-corrected chi connectivity index (χ0v) is 15.8. The van der Waals surface area contributed by atoms with E-state index < -0.39 is 0 Å². The molecule has 0 saturated heterocycles. The Morgan fingerprint density at radius 3 is 2.56 bits per heavy atom. The summed E-state index contributed by atoms with van der Waals surface area (Å²) in [6.45, 7) is 1.27. The minimum atomic E-state index is 0.538. The van der Waals surface area contributed by atoms with Crippen LogP contribution in [0.3, 0.4) is 0 Å². The van der Waals surface area contributed by atoms with Crippen molar-refractivity contribution >= 4 is 5.96 Å². The molecule has 0 saturated carbocycles. The van der Waals surface area contributed by atoms with E-state index in [9.17, 15) is 0 Å². The topological polar surface area (TPSA) is 62.9 Å². The summed E-state index contributed by atoms with van der Waals surface area (Å²) in [5.74, 6) is 2.40. The molecule has 0 aliphatic rings. The van der Waals surface area contributed by atoms with E-state index in [2.05, 4.69) is 20.4 Å². The third kappa shape index (κ3) is 4.88. The average molecular weight is 364 g/mol. The number of hydrogen-bond donors (Lipinski definition) is 1. The van der Waals surface area contributed by atoms with Crippen LogP contribution in [0.2, 0.25) is 0 Å². The number of rotatable bonds is 6. The lowest BCUT2D eigenvalue weighted by atomic mass is 10.2. The summed E-state index contributed by atoms with van der Waals surface area (Å²) in [5, 5.41) is 7.46. The van der Waals surface area contributed by atoms with E-state index in [1.807, 2.05) is 67.7 Å². The molecule has 0 spiro atoms. The summed E-state index contributed by atoms with van der Waals surface area (Å²) in [5.41, 5.74) is 3.01. The summed E-state index contributed by atoms with van der Waals surface area (Å²) >= 11 is 0. The number of aliphatic imine (C=N–C) groups is 1. The molecule has 6 nitrogen and oxygen atoms in total. The third-order valence-electron chi connectivity index (χ3n) is 4.20. The first-order valence-electron chi connectivity index (χ1n) is 8.75. The van der Waals surface area contributed by atoms with Crippen molar-refractivity contribution in [3.8, 4) is 17.1 Å². The number of hydrogen-bond acceptors (Lipinski definition) is 4. The Kier molecular flexibility index (Phi) is 6.10. The highest BCUT2D eigenvalue weighted by Crippen LogP contribution is 2.19. The fourth-order valence-electron chi connectivity index (χ4n) is 2.77. The first-order chi connectivity index (χ1) is 13.2. The van der Waals surface area contributed by atoms with Gasteiger partial charge >= 0.3 is 0 Å². The monoisotopic (exact) mass is 364 g/mol. The van der Waals surface area contributed by atoms with Crippen molar-refractivity contribution in [1.29, 1.82) is 0 Å². The Bertz CT molecular complexity index is 873. The maximum absolute atomic E-state index is 5.44. The Hall–Kier alpha value is -3.28. The van der Waals surface area contributed by atoms with E-state index in [4.69, 9.17) is 9.26 Å². The van der Waals surface area contributed by atoms with Crippen LogP contribution in [0.15, 0.2) is 70.2 Å². The van der Waals surface area contributed by atoms with Crippen molar-refractivity contribution in [2.45, 2.75) is 13.1 Å². The van der Waals surface area contributed by atoms with Crippen LogP contribution < -0.4 is 10.1 Å². The van der Waals surface area contributed by atoms with Gasteiger partial charge in [0.1, 0.15) is 11.4 Å². The average Bonchev–Trinajstić information content (AvgIpc) is 3.19. The number of aromatic nitrogens is 1. The summed E-state index contributed by atoms with van der Waals surface area (Å²) in [4.78, 5) is 6.40. The Morgan fingerprint density at radius 2 is 1.89 bits per heavy atom. The van der Waals surface area contributed by atoms with Crippen LogP contribution in [0.4, 0.5) is 0 Å². The summed E-state index contributed by atoms with van der Waals surface area (Å²) < 4.78 is 10.6. The van der Waals surface area contributed by atoms with Crippen LogP contribution in [0, 0.1) is 0 Å². The van der Waals surface area contributed by atoms with Gasteiger partial charge in [0.2, 0.25) is 0 Å². The molecule has 3 aromatic rings. The van der Waals surface area contributed by atoms with E-state index in [1.165, 1.54) is 5.56 Å². The quantitative estimate of drug-likeness (QED) is 0.535. The van der Waals surface area contributed by atoms with Gasteiger partial charge in [0.25, 0.3) is 0 Å². The lowest BCUT2D eigenvalue weighted by Gasteiger charge is -2.21. The van der Waals surface area contributed by atoms with Gasteiger partial charge in [0.15, 0.2) is 11.7 Å². The Balaban J connectivity index is 1.57. The number of ether oxygens (including phenoxy) is 1. The van der Waals surface area contributed by atoms with Crippen molar-refractivity contribution in [3.05, 3.63) is 71.9 Å². The normalized spacial score (nSPS) is 11.3. The van der Waals surface area contributed by atoms with Crippen LogP contribution >= 0.6 is 0 Å². The molecular formula is C21H24N4O2. The van der Waals surface area contributed by atoms with Crippen molar-refractivity contribution < 1.29 is 9.26 Å². The molecule has 0 unspecified atom stereocenters. The minimum Gasteiger partial charge on any atom is -0.497 e. The van der Waals surface area contributed by atoms with Gasteiger partial charge in [-0.1, -0.05) is 47.6 Å². The fraction of sp³-hybridized carbons (Fsp3) is 0.238. The first-order valence-corrected chi connectivity index (χ1v) is 8.75. The van der Waals surface area contributed by atoms with Gasteiger partial charge in [0, 0.05) is 32.3 Å². The molecule has 1 aromatic heterocycles. The van der Waals surface area contributed by atoms with E-state index in [1.54, 1.807) is 14.2 Å². The van der Waals surface area contributed by atoms with Gasteiger partial charge in [0.05, 0.1) is 13.7 Å². The van der Waals surface area contributed by atoms with Crippen LogP contribution in [0.25, 0.3) is 11.3 Å². The maximum atomic E-state index is 5.44. The first kappa shape index (κ1) is 18.5. The van der Waals surface area contributed by atoms with Gasteiger partial charge in [-0.2, -0.15) is 0 Å². The predicted molar refractivity (Wildman–Crippen MR) is 107 cm³/mol. The van der Waals surface area contributed by atoms with Crippen LogP contribution in [-0.2, 0) is 13.1 Å². The summed E-state index contributed by atoms with van der Waals surface area (Å²) in [6.07, 6.45) is 0. The molecule has 0 aliphatic carbocycles. The molecule has 1 heterocycles. The van der Waals surface area contributed by atoms with Gasteiger partial charge in [-0.15, -0.1) is 0 Å². The van der Waals surface area contributed by atoms with Gasteiger partial charge in [-0.25, -0.2) is 0 Å². The molecule has 0 fully saturated rings. The van der Waals surface area contributed by atoms with E-state index >= 15 is 0 Å². The standard InChI is InChI=1S/C21H24N4O2/c1-22-21(25(2)15-16-9-11-19(26-3)12-10-16)23-14-18-13-20(27-24-18)17-7-5-4-6-8-17/h4-13H,14-15H2,1-3H3,(H,22,23). The SMILES string of the molecule is CN=C(NCc1cc(-c2ccccc2)on1)N(C)Cc1ccc(OC)cc1. The predicted octanol–water partition coefficient (Wildman–Crippen LogP) is 3.56. The van der Waals surface area contributed by atoms with Crippen molar-refractivity contribution in [1.82, 2.24) is 15.4 Å². The number of guanidine groups is 1. The lowest BCUT2D eigenvalue weighted by Crippen LogP contribution is -2.38. The van der Waals surface area contributed by atoms with E-state index in [-0.39, 0.29) is 0 Å². The highest BCUT2D eigenvalue weighted by molar-refractivity contribution is 5.79. The highest BCUT2D eigenvalue weighted by atomic mass is 16.5. The van der Waals surface area contributed by atoms with Crippen molar-refractivity contribution in [3.63, 3.8) is 0 Å². The van der Waals surface area contributed by atoms with Gasteiger partial charge < -0.3 is 19.5 Å². The maximum Gasteiger partial charge on any atom is 0.194 e. The Labute approximate surface area is 159 Å². The molecule has 27 heavy (non-hydrogen) atoms. The smallest absolute Gasteiger partial charge is 0.194 e. The number of nitrogens with zero attached hydrogens (tertiary/aromatic N) is 3. The molecule has 0 aliphatic heterocycles. The van der Waals surface area contributed by atoms with E-state index in [0.29, 0.717) is 6.54 Å². The van der Waals surface area contributed by atoms with Crippen molar-refractivity contribution in [2.75, 3.05) is 21.2 Å². The largest absolute Gasteiger partial charge is 0.497 e. The lowest BCUT2D eigenvalue weighted by molar-refractivity contribution is 0.414. The summed E-state index contributed by atoms with van der Waals surface area (Å²) in [7, 11) is 5.43. The fourth-order valence-corrected chi connectivity index (χ4v) is 2.77. The minimum absolute atomic E-state index is 0.538. The van der Waals surface area contributed by atoms with Crippen LogP contribution in [0.1, 0.15) is 11.3 Å². The molecule has 3 rings (SSSR count). The zero-order valence-electron chi connectivity index (χ0n) is 15.8. The van der Waals surface area contributed by atoms with Gasteiger partial charge in [-0.05, 0) is 17.7 Å². The third-order valence-corrected chi connectivity index (χ3v) is 4.20. The molecule has 1 N–H and O–H groups in total. The Morgan fingerprint density at radius 1 is 1.15 bits per heavy atom. The molecular weight excluding hydrogens is 340 g/mol. The second kappa shape index (κ2) is 8.89. The highest BCUT2D eigenvalue weighted by Gasteiger charge is 2.10. The number of benzene rings is 2. The molecule has 2 aromatic carbocycles. The van der Waals surface area contributed by atoms with Crippen LogP contribution in [0.5, 0.6) is 5.75 Å². The van der Waals surface area contributed by atoms with Crippen LogP contribution in [-0.4, -0.2) is 37.2 Å². The summed E-state index contributed by atoms with van der Waals surface area (Å²) in [6, 6.07) is 19.9. The van der Waals surface area contributed by atoms with E-state index in [0.717, 1.165) is 35.3 Å². The molecule has 140 valence electrons. The molecule has 0 amide bonds. The second-order valence-corrected chi connectivity index (χ2v) is 6.15. The number of nitrogens with one attached hydrogen (secondary N) is 1.